The van der Waals surface area contributed by atoms with Gasteiger partial charge < -0.3 is 14.4 Å². The molecule has 1 unspecified atom stereocenters. The number of benzene rings is 1. The summed E-state index contributed by atoms with van der Waals surface area (Å²) in [6.07, 6.45) is 1.23. The number of furan rings is 1. The fourth-order valence-electron chi connectivity index (χ4n) is 2.87. The molecule has 1 atom stereocenters. The molecule has 26 heavy (non-hydrogen) atoms. The van der Waals surface area contributed by atoms with Crippen LogP contribution in [-0.2, 0) is 27.8 Å². The molecule has 3 rings (SSSR count). The minimum Gasteiger partial charge on any atom is -0.480 e. The van der Waals surface area contributed by atoms with Crippen molar-refractivity contribution in [3.05, 3.63) is 53.3 Å². The van der Waals surface area contributed by atoms with Gasteiger partial charge in [-0.2, -0.15) is 0 Å². The van der Waals surface area contributed by atoms with Gasteiger partial charge in [0.05, 0.1) is 5.56 Å². The van der Waals surface area contributed by atoms with Crippen LogP contribution in [0.25, 0.3) is 0 Å². The Morgan fingerprint density at radius 3 is 2.50 bits per heavy atom. The van der Waals surface area contributed by atoms with E-state index in [2.05, 4.69) is 0 Å². The molecule has 1 aromatic carbocycles. The SMILES string of the molecule is CN(C)S(=O)(=O)c1cc(C(=O)N2Cc3ccccc3CC2C(=O)O)co1. The Labute approximate surface area is 150 Å². The van der Waals surface area contributed by atoms with Crippen LogP contribution in [0.4, 0.5) is 0 Å². The van der Waals surface area contributed by atoms with E-state index >= 15 is 0 Å². The second-order valence-electron chi connectivity index (χ2n) is 6.20. The van der Waals surface area contributed by atoms with Crippen molar-refractivity contribution >= 4 is 21.9 Å². The number of carbonyl (C=O) groups excluding carboxylic acids is 1. The second kappa shape index (κ2) is 6.58. The van der Waals surface area contributed by atoms with Gasteiger partial charge in [-0.15, -0.1) is 0 Å². The number of hydrogen-bond donors (Lipinski definition) is 1. The minimum atomic E-state index is -3.82. The van der Waals surface area contributed by atoms with Gasteiger partial charge in [-0.25, -0.2) is 17.5 Å². The highest BCUT2D eigenvalue weighted by Crippen LogP contribution is 2.26. The van der Waals surface area contributed by atoms with Crippen molar-refractivity contribution in [3.63, 3.8) is 0 Å². The lowest BCUT2D eigenvalue weighted by molar-refractivity contribution is -0.142. The van der Waals surface area contributed by atoms with Crippen LogP contribution in [0.3, 0.4) is 0 Å². The molecule has 2 aromatic rings. The zero-order valence-electron chi connectivity index (χ0n) is 14.2. The van der Waals surface area contributed by atoms with Gasteiger partial charge in [0.15, 0.2) is 0 Å². The van der Waals surface area contributed by atoms with Gasteiger partial charge in [0.1, 0.15) is 12.3 Å². The summed E-state index contributed by atoms with van der Waals surface area (Å²) < 4.78 is 30.2. The van der Waals surface area contributed by atoms with E-state index in [9.17, 15) is 23.1 Å². The smallest absolute Gasteiger partial charge is 0.326 e. The lowest BCUT2D eigenvalue weighted by Crippen LogP contribution is -2.48. The Kier molecular flexibility index (Phi) is 4.59. The largest absolute Gasteiger partial charge is 0.480 e. The Hall–Kier alpha value is -2.65. The molecule has 2 heterocycles. The van der Waals surface area contributed by atoms with Crippen molar-refractivity contribution in [3.8, 4) is 0 Å². The van der Waals surface area contributed by atoms with Crippen LogP contribution in [-0.4, -0.2) is 54.7 Å². The van der Waals surface area contributed by atoms with Crippen LogP contribution in [0.2, 0.25) is 0 Å². The number of sulfonamides is 1. The molecule has 0 bridgehead atoms. The topological polar surface area (TPSA) is 108 Å². The molecule has 8 nitrogen and oxygen atoms in total. The first-order valence-corrected chi connectivity index (χ1v) is 9.27. The molecular weight excluding hydrogens is 360 g/mol. The number of amides is 1. The molecule has 0 radical (unpaired) electrons. The third kappa shape index (κ3) is 3.11. The maximum Gasteiger partial charge on any atom is 0.326 e. The molecule has 0 fully saturated rings. The van der Waals surface area contributed by atoms with E-state index in [1.807, 2.05) is 24.3 Å². The third-order valence-electron chi connectivity index (χ3n) is 4.35. The summed E-state index contributed by atoms with van der Waals surface area (Å²) in [5.74, 6) is -1.70. The van der Waals surface area contributed by atoms with Gasteiger partial charge in [-0.1, -0.05) is 24.3 Å². The summed E-state index contributed by atoms with van der Waals surface area (Å²) in [7, 11) is -1.12. The molecule has 0 saturated carbocycles. The van der Waals surface area contributed by atoms with Crippen molar-refractivity contribution in [1.82, 2.24) is 9.21 Å². The number of hydrogen-bond acceptors (Lipinski definition) is 5. The van der Waals surface area contributed by atoms with Gasteiger partial charge in [0, 0.05) is 33.1 Å². The maximum absolute atomic E-state index is 12.8. The quantitative estimate of drug-likeness (QED) is 0.856. The van der Waals surface area contributed by atoms with Crippen molar-refractivity contribution in [2.75, 3.05) is 14.1 Å². The molecule has 9 heteroatoms. The second-order valence-corrected chi connectivity index (χ2v) is 8.28. The van der Waals surface area contributed by atoms with Crippen molar-refractivity contribution in [1.29, 1.82) is 0 Å². The third-order valence-corrected chi connectivity index (χ3v) is 6.04. The Morgan fingerprint density at radius 2 is 1.88 bits per heavy atom. The fraction of sp³-hybridized carbons (Fsp3) is 0.294. The average molecular weight is 378 g/mol. The van der Waals surface area contributed by atoms with Crippen LogP contribution >= 0.6 is 0 Å². The zero-order chi connectivity index (χ0) is 19.1. The van der Waals surface area contributed by atoms with E-state index < -0.39 is 27.9 Å². The molecule has 0 aliphatic carbocycles. The Bertz CT molecular complexity index is 963. The van der Waals surface area contributed by atoms with E-state index in [0.29, 0.717) is 0 Å². The summed E-state index contributed by atoms with van der Waals surface area (Å²) in [6, 6.07) is 7.42. The van der Waals surface area contributed by atoms with Gasteiger partial charge >= 0.3 is 5.97 Å². The number of nitrogens with zero attached hydrogens (tertiary/aromatic N) is 2. The van der Waals surface area contributed by atoms with Gasteiger partial charge in [-0.3, -0.25) is 4.79 Å². The normalized spacial score (nSPS) is 17.2. The van der Waals surface area contributed by atoms with E-state index in [4.69, 9.17) is 4.42 Å². The summed E-state index contributed by atoms with van der Waals surface area (Å²) in [6.45, 7) is 0.132. The molecule has 1 amide bonds. The first-order chi connectivity index (χ1) is 12.2. The summed E-state index contributed by atoms with van der Waals surface area (Å²) in [4.78, 5) is 25.7. The van der Waals surface area contributed by atoms with Crippen LogP contribution in [0.5, 0.6) is 0 Å². The first kappa shape index (κ1) is 18.2. The molecule has 1 aliphatic rings. The number of carbonyl (C=O) groups is 2. The number of carboxylic acids is 1. The summed E-state index contributed by atoms with van der Waals surface area (Å²) in [5, 5.41) is 9.15. The van der Waals surface area contributed by atoms with Crippen LogP contribution in [0.1, 0.15) is 21.5 Å². The summed E-state index contributed by atoms with van der Waals surface area (Å²) >= 11 is 0. The standard InChI is InChI=1S/C17H18N2O6S/c1-18(2)26(23,24)15-8-13(10-25-15)16(20)19-9-12-6-4-3-5-11(12)7-14(19)17(21)22/h3-6,8,10,14H,7,9H2,1-2H3,(H,21,22). The number of fused-ring (bicyclic) bond motifs is 1. The highest BCUT2D eigenvalue weighted by atomic mass is 32.2. The number of aliphatic carboxylic acids is 1. The minimum absolute atomic E-state index is 0.00365. The first-order valence-electron chi connectivity index (χ1n) is 7.83. The monoisotopic (exact) mass is 378 g/mol. The van der Waals surface area contributed by atoms with Crippen LogP contribution in [0.15, 0.2) is 46.1 Å². The van der Waals surface area contributed by atoms with Crippen molar-refractivity contribution in [2.45, 2.75) is 24.1 Å². The van der Waals surface area contributed by atoms with Gasteiger partial charge in [0.25, 0.3) is 15.9 Å². The van der Waals surface area contributed by atoms with E-state index in [0.717, 1.165) is 27.8 Å². The number of carboxylic acid groups (broad SMARTS) is 1. The van der Waals surface area contributed by atoms with Crippen molar-refractivity contribution in [2.24, 2.45) is 0 Å². The number of rotatable bonds is 4. The summed E-state index contributed by atoms with van der Waals surface area (Å²) in [5.41, 5.74) is 1.74. The lowest BCUT2D eigenvalue weighted by Gasteiger charge is -2.34. The molecule has 138 valence electrons. The molecule has 1 aromatic heterocycles. The van der Waals surface area contributed by atoms with Gasteiger partial charge in [-0.05, 0) is 11.1 Å². The highest BCUT2D eigenvalue weighted by Gasteiger charge is 2.36. The Balaban J connectivity index is 1.94. The molecule has 1 N–H and O–H groups in total. The average Bonchev–Trinajstić information content (AvgIpc) is 3.10. The Morgan fingerprint density at radius 1 is 1.23 bits per heavy atom. The lowest BCUT2D eigenvalue weighted by atomic mass is 9.93. The fourth-order valence-corrected chi connectivity index (χ4v) is 3.67. The molecule has 1 aliphatic heterocycles. The zero-order valence-corrected chi connectivity index (χ0v) is 15.1. The predicted molar refractivity (Wildman–Crippen MR) is 91.0 cm³/mol. The predicted octanol–water partition coefficient (Wildman–Crippen LogP) is 1.18. The molecule has 0 spiro atoms. The maximum atomic E-state index is 12.8. The highest BCUT2D eigenvalue weighted by molar-refractivity contribution is 7.88. The van der Waals surface area contributed by atoms with Crippen LogP contribution < -0.4 is 0 Å². The van der Waals surface area contributed by atoms with Crippen LogP contribution in [0, 0.1) is 0 Å². The molecule has 0 saturated heterocycles. The van der Waals surface area contributed by atoms with E-state index in [1.54, 1.807) is 0 Å². The van der Waals surface area contributed by atoms with Crippen molar-refractivity contribution < 1.29 is 27.5 Å². The van der Waals surface area contributed by atoms with E-state index in [-0.39, 0.29) is 23.6 Å². The van der Waals surface area contributed by atoms with Gasteiger partial charge in [0.2, 0.25) is 5.09 Å². The van der Waals surface area contributed by atoms with E-state index in [1.165, 1.54) is 19.0 Å². The molecular formula is C17H18N2O6S.